The molecule has 0 amide bonds. The third kappa shape index (κ3) is 1.71. The minimum absolute atomic E-state index is 0.383. The van der Waals surface area contributed by atoms with Crippen molar-refractivity contribution in [3.05, 3.63) is 0 Å². The molecular weight excluding hydrogens is 178 g/mol. The van der Waals surface area contributed by atoms with Crippen molar-refractivity contribution in [3.63, 3.8) is 0 Å². The Morgan fingerprint density at radius 3 is 2.86 bits per heavy atom. The molecule has 0 saturated heterocycles. The number of nitrogen functional groups attached to an aromatic ring is 1. The average molecular weight is 195 g/mol. The highest BCUT2D eigenvalue weighted by atomic mass is 15.6. The Kier molecular flexibility index (Phi) is 2.17. The van der Waals surface area contributed by atoms with E-state index in [0.717, 1.165) is 12.8 Å². The first-order valence-electron chi connectivity index (χ1n) is 5.12. The van der Waals surface area contributed by atoms with E-state index in [-0.39, 0.29) is 0 Å². The van der Waals surface area contributed by atoms with Crippen molar-refractivity contribution >= 4 is 5.95 Å². The lowest BCUT2D eigenvalue weighted by Gasteiger charge is -2.34. The summed E-state index contributed by atoms with van der Waals surface area (Å²) in [5.74, 6) is 0.438. The van der Waals surface area contributed by atoms with Crippen molar-refractivity contribution in [2.75, 3.05) is 5.73 Å². The van der Waals surface area contributed by atoms with E-state index in [4.69, 9.17) is 5.73 Å². The van der Waals surface area contributed by atoms with Gasteiger partial charge >= 0.3 is 0 Å². The molecule has 0 radical (unpaired) electrons. The van der Waals surface area contributed by atoms with Crippen molar-refractivity contribution in [2.45, 2.75) is 45.6 Å². The molecule has 5 nitrogen and oxygen atoms in total. The van der Waals surface area contributed by atoms with Gasteiger partial charge in [0.15, 0.2) is 0 Å². The Morgan fingerprint density at radius 1 is 1.50 bits per heavy atom. The summed E-state index contributed by atoms with van der Waals surface area (Å²) in [5.41, 5.74) is 6.08. The fourth-order valence-corrected chi connectivity index (χ4v) is 2.33. The SMILES string of the molecule is CC1(C)CCCC(n2nnnc2N)C1. The molecule has 0 bridgehead atoms. The van der Waals surface area contributed by atoms with Crippen LogP contribution in [0.25, 0.3) is 0 Å². The second-order valence-corrected chi connectivity index (χ2v) is 4.90. The van der Waals surface area contributed by atoms with E-state index in [1.807, 2.05) is 0 Å². The predicted molar refractivity (Wildman–Crippen MR) is 53.5 cm³/mol. The van der Waals surface area contributed by atoms with E-state index in [1.54, 1.807) is 4.68 Å². The van der Waals surface area contributed by atoms with Crippen LogP contribution in [0.15, 0.2) is 0 Å². The van der Waals surface area contributed by atoms with Gasteiger partial charge < -0.3 is 5.73 Å². The first-order chi connectivity index (χ1) is 6.58. The molecule has 1 aliphatic rings. The molecule has 0 aliphatic heterocycles. The Bertz CT molecular complexity index is 317. The van der Waals surface area contributed by atoms with E-state index in [0.29, 0.717) is 17.4 Å². The molecule has 0 spiro atoms. The minimum Gasteiger partial charge on any atom is -0.367 e. The van der Waals surface area contributed by atoms with Gasteiger partial charge in [-0.2, -0.15) is 0 Å². The highest BCUT2D eigenvalue weighted by molar-refractivity contribution is 5.11. The van der Waals surface area contributed by atoms with Crippen LogP contribution in [0.5, 0.6) is 0 Å². The van der Waals surface area contributed by atoms with Gasteiger partial charge in [0.1, 0.15) is 0 Å². The fraction of sp³-hybridized carbons (Fsp3) is 0.889. The number of hydrogen-bond acceptors (Lipinski definition) is 4. The van der Waals surface area contributed by atoms with Crippen LogP contribution in [-0.4, -0.2) is 20.2 Å². The van der Waals surface area contributed by atoms with E-state index in [2.05, 4.69) is 29.4 Å². The highest BCUT2D eigenvalue weighted by Crippen LogP contribution is 2.40. The Morgan fingerprint density at radius 2 is 2.29 bits per heavy atom. The summed E-state index contributed by atoms with van der Waals surface area (Å²) >= 11 is 0. The van der Waals surface area contributed by atoms with Gasteiger partial charge in [0.2, 0.25) is 5.95 Å². The molecular formula is C9H17N5. The van der Waals surface area contributed by atoms with Crippen LogP contribution in [0.2, 0.25) is 0 Å². The van der Waals surface area contributed by atoms with Crippen molar-refractivity contribution in [3.8, 4) is 0 Å². The Labute approximate surface area is 83.7 Å². The van der Waals surface area contributed by atoms with E-state index in [1.165, 1.54) is 12.8 Å². The first kappa shape index (κ1) is 9.43. The van der Waals surface area contributed by atoms with Crippen LogP contribution < -0.4 is 5.73 Å². The molecule has 2 N–H and O–H groups in total. The number of hydrogen-bond donors (Lipinski definition) is 1. The number of rotatable bonds is 1. The summed E-state index contributed by atoms with van der Waals surface area (Å²) in [6, 6.07) is 0.383. The Balaban J connectivity index is 2.16. The van der Waals surface area contributed by atoms with Gasteiger partial charge in [-0.25, -0.2) is 4.68 Å². The number of anilines is 1. The molecule has 78 valence electrons. The lowest BCUT2D eigenvalue weighted by molar-refractivity contribution is 0.174. The third-order valence-electron chi connectivity index (χ3n) is 3.04. The normalized spacial score (nSPS) is 26.3. The molecule has 1 unspecified atom stereocenters. The first-order valence-corrected chi connectivity index (χ1v) is 5.12. The molecule has 1 aromatic rings. The fourth-order valence-electron chi connectivity index (χ4n) is 2.33. The zero-order valence-electron chi connectivity index (χ0n) is 8.77. The van der Waals surface area contributed by atoms with Crippen molar-refractivity contribution in [1.82, 2.24) is 20.2 Å². The molecule has 1 heterocycles. The molecule has 5 heteroatoms. The lowest BCUT2D eigenvalue weighted by atomic mass is 9.75. The maximum absolute atomic E-state index is 5.69. The standard InChI is InChI=1S/C9H17N5/c1-9(2)5-3-4-7(6-9)14-8(10)11-12-13-14/h7H,3-6H2,1-2H3,(H2,10,11,13). The summed E-state index contributed by atoms with van der Waals surface area (Å²) in [6.45, 7) is 4.58. The molecule has 1 aliphatic carbocycles. The molecule has 1 saturated carbocycles. The van der Waals surface area contributed by atoms with Gasteiger partial charge in [0, 0.05) is 0 Å². The lowest BCUT2D eigenvalue weighted by Crippen LogP contribution is -2.26. The van der Waals surface area contributed by atoms with Crippen LogP contribution in [0.4, 0.5) is 5.95 Å². The average Bonchev–Trinajstić information content (AvgIpc) is 2.49. The summed E-state index contributed by atoms with van der Waals surface area (Å²) in [5, 5.41) is 11.2. The molecule has 1 aromatic heterocycles. The van der Waals surface area contributed by atoms with Gasteiger partial charge in [-0.05, 0) is 35.1 Å². The Hall–Kier alpha value is -1.13. The summed E-state index contributed by atoms with van der Waals surface area (Å²) < 4.78 is 1.76. The smallest absolute Gasteiger partial charge is 0.240 e. The molecule has 1 atom stereocenters. The topological polar surface area (TPSA) is 69.6 Å². The van der Waals surface area contributed by atoms with E-state index >= 15 is 0 Å². The van der Waals surface area contributed by atoms with Gasteiger partial charge in [-0.3, -0.25) is 0 Å². The number of nitrogens with zero attached hydrogens (tertiary/aromatic N) is 4. The summed E-state index contributed by atoms with van der Waals surface area (Å²) in [7, 11) is 0. The zero-order valence-corrected chi connectivity index (χ0v) is 8.77. The van der Waals surface area contributed by atoms with Gasteiger partial charge in [-0.15, -0.1) is 0 Å². The summed E-state index contributed by atoms with van der Waals surface area (Å²) in [4.78, 5) is 0. The van der Waals surface area contributed by atoms with Crippen LogP contribution in [0.3, 0.4) is 0 Å². The van der Waals surface area contributed by atoms with Gasteiger partial charge in [-0.1, -0.05) is 25.4 Å². The molecule has 2 rings (SSSR count). The predicted octanol–water partition coefficient (Wildman–Crippen LogP) is 1.40. The number of nitrogens with two attached hydrogens (primary N) is 1. The second-order valence-electron chi connectivity index (χ2n) is 4.90. The van der Waals surface area contributed by atoms with Crippen molar-refractivity contribution in [1.29, 1.82) is 0 Å². The van der Waals surface area contributed by atoms with Crippen LogP contribution in [0.1, 0.15) is 45.6 Å². The number of tetrazole rings is 1. The summed E-state index contributed by atoms with van der Waals surface area (Å²) in [6.07, 6.45) is 4.77. The minimum atomic E-state index is 0.383. The van der Waals surface area contributed by atoms with Crippen LogP contribution in [-0.2, 0) is 0 Å². The number of aromatic nitrogens is 4. The third-order valence-corrected chi connectivity index (χ3v) is 3.04. The molecule has 14 heavy (non-hydrogen) atoms. The van der Waals surface area contributed by atoms with E-state index in [9.17, 15) is 0 Å². The van der Waals surface area contributed by atoms with Crippen molar-refractivity contribution in [2.24, 2.45) is 5.41 Å². The van der Waals surface area contributed by atoms with Gasteiger partial charge in [0.05, 0.1) is 6.04 Å². The molecule has 1 fully saturated rings. The van der Waals surface area contributed by atoms with Crippen LogP contribution >= 0.6 is 0 Å². The quantitative estimate of drug-likeness (QED) is 0.735. The largest absolute Gasteiger partial charge is 0.367 e. The van der Waals surface area contributed by atoms with Crippen molar-refractivity contribution < 1.29 is 0 Å². The highest BCUT2D eigenvalue weighted by Gasteiger charge is 2.30. The maximum atomic E-state index is 5.69. The molecule has 0 aromatic carbocycles. The zero-order chi connectivity index (χ0) is 10.2. The second kappa shape index (κ2) is 3.22. The van der Waals surface area contributed by atoms with Crippen LogP contribution in [0, 0.1) is 5.41 Å². The van der Waals surface area contributed by atoms with Gasteiger partial charge in [0.25, 0.3) is 0 Å². The monoisotopic (exact) mass is 195 g/mol. The van der Waals surface area contributed by atoms with E-state index < -0.39 is 0 Å². The maximum Gasteiger partial charge on any atom is 0.240 e.